The number of phenolic OH excluding ortho intramolecular Hbond substituents is 1. The SMILES string of the molecule is Cl.Cl.NNCc1ccccc1O. The molecule has 70 valence electrons. The molecule has 0 atom stereocenters. The average molecular weight is 211 g/mol. The van der Waals surface area contributed by atoms with Crippen molar-refractivity contribution in [2.24, 2.45) is 5.84 Å². The fourth-order valence-corrected chi connectivity index (χ4v) is 0.770. The molecule has 0 aromatic heterocycles. The number of para-hydroxylation sites is 1. The maximum Gasteiger partial charge on any atom is 0.120 e. The summed E-state index contributed by atoms with van der Waals surface area (Å²) in [5.74, 6) is 5.35. The van der Waals surface area contributed by atoms with Gasteiger partial charge in [0, 0.05) is 12.1 Å². The molecule has 5 heteroatoms. The Kier molecular flexibility index (Phi) is 8.42. The summed E-state index contributed by atoms with van der Waals surface area (Å²) < 4.78 is 0. The Morgan fingerprint density at radius 1 is 1.25 bits per heavy atom. The summed E-state index contributed by atoms with van der Waals surface area (Å²) in [7, 11) is 0. The predicted molar refractivity (Wildman–Crippen MR) is 53.6 cm³/mol. The van der Waals surface area contributed by atoms with E-state index in [1.807, 2.05) is 12.1 Å². The minimum Gasteiger partial charge on any atom is -0.508 e. The van der Waals surface area contributed by atoms with Crippen LogP contribution in [0, 0.1) is 0 Å². The first kappa shape index (κ1) is 14.1. The number of rotatable bonds is 2. The van der Waals surface area contributed by atoms with Crippen LogP contribution in [0.4, 0.5) is 0 Å². The summed E-state index contributed by atoms with van der Waals surface area (Å²) in [6, 6.07) is 7.07. The molecule has 1 aromatic carbocycles. The number of nitrogens with two attached hydrogens (primary N) is 1. The van der Waals surface area contributed by atoms with Gasteiger partial charge in [-0.25, -0.2) is 0 Å². The molecule has 0 aliphatic carbocycles. The van der Waals surface area contributed by atoms with E-state index in [4.69, 9.17) is 10.9 Å². The van der Waals surface area contributed by atoms with Gasteiger partial charge in [0.05, 0.1) is 0 Å². The first-order chi connectivity index (χ1) is 4.84. The second-order valence-electron chi connectivity index (χ2n) is 2.01. The van der Waals surface area contributed by atoms with Gasteiger partial charge in [0.25, 0.3) is 0 Å². The smallest absolute Gasteiger partial charge is 0.120 e. The molecule has 4 N–H and O–H groups in total. The Bertz CT molecular complexity index is 220. The van der Waals surface area contributed by atoms with Crippen molar-refractivity contribution in [3.05, 3.63) is 29.8 Å². The van der Waals surface area contributed by atoms with Crippen LogP contribution in [0.25, 0.3) is 0 Å². The zero-order chi connectivity index (χ0) is 7.40. The van der Waals surface area contributed by atoms with Crippen LogP contribution in [0.1, 0.15) is 5.56 Å². The van der Waals surface area contributed by atoms with Crippen LogP contribution in [0.5, 0.6) is 5.75 Å². The lowest BCUT2D eigenvalue weighted by atomic mass is 10.2. The van der Waals surface area contributed by atoms with Crippen molar-refractivity contribution < 1.29 is 5.11 Å². The second kappa shape index (κ2) is 7.18. The lowest BCUT2D eigenvalue weighted by Gasteiger charge is -2.00. The van der Waals surface area contributed by atoms with E-state index in [2.05, 4.69) is 5.43 Å². The summed E-state index contributed by atoms with van der Waals surface area (Å²) in [5.41, 5.74) is 3.28. The van der Waals surface area contributed by atoms with Crippen LogP contribution in [-0.2, 0) is 6.54 Å². The number of hydrazine groups is 1. The summed E-state index contributed by atoms with van der Waals surface area (Å²) in [6.07, 6.45) is 0. The number of phenols is 1. The Balaban J connectivity index is 0. The van der Waals surface area contributed by atoms with Crippen molar-refractivity contribution in [1.29, 1.82) is 0 Å². The minimum absolute atomic E-state index is 0. The number of aromatic hydroxyl groups is 1. The molecule has 0 fully saturated rings. The fraction of sp³-hybridized carbons (Fsp3) is 0.143. The monoisotopic (exact) mass is 210 g/mol. The molecule has 0 aliphatic heterocycles. The van der Waals surface area contributed by atoms with Gasteiger partial charge >= 0.3 is 0 Å². The van der Waals surface area contributed by atoms with Gasteiger partial charge in [-0.2, -0.15) is 0 Å². The van der Waals surface area contributed by atoms with Gasteiger partial charge in [-0.15, -0.1) is 24.8 Å². The molecule has 12 heavy (non-hydrogen) atoms. The second-order valence-corrected chi connectivity index (χ2v) is 2.01. The molecule has 1 rings (SSSR count). The third kappa shape index (κ3) is 3.78. The van der Waals surface area contributed by atoms with Crippen LogP contribution < -0.4 is 11.3 Å². The largest absolute Gasteiger partial charge is 0.508 e. The quantitative estimate of drug-likeness (QED) is 0.508. The average Bonchev–Trinajstić information content (AvgIpc) is 1.94. The van der Waals surface area contributed by atoms with Crippen molar-refractivity contribution in [2.45, 2.75) is 6.54 Å². The third-order valence-electron chi connectivity index (χ3n) is 1.28. The van der Waals surface area contributed by atoms with E-state index in [9.17, 15) is 0 Å². The Morgan fingerprint density at radius 2 is 1.83 bits per heavy atom. The molecule has 0 amide bonds. The van der Waals surface area contributed by atoms with Gasteiger partial charge in [-0.3, -0.25) is 11.3 Å². The van der Waals surface area contributed by atoms with Crippen molar-refractivity contribution >= 4 is 24.8 Å². The maximum atomic E-state index is 9.15. The molecular weight excluding hydrogens is 199 g/mol. The first-order valence-corrected chi connectivity index (χ1v) is 3.05. The van der Waals surface area contributed by atoms with Gasteiger partial charge in [0.1, 0.15) is 5.75 Å². The fourth-order valence-electron chi connectivity index (χ4n) is 0.770. The van der Waals surface area contributed by atoms with Crippen LogP contribution in [0.3, 0.4) is 0 Å². The van der Waals surface area contributed by atoms with E-state index in [0.29, 0.717) is 6.54 Å². The van der Waals surface area contributed by atoms with Crippen LogP contribution >= 0.6 is 24.8 Å². The summed E-state index contributed by atoms with van der Waals surface area (Å²) in [6.45, 7) is 0.493. The third-order valence-corrected chi connectivity index (χ3v) is 1.28. The maximum absolute atomic E-state index is 9.15. The van der Waals surface area contributed by atoms with E-state index in [0.717, 1.165) is 5.56 Å². The number of nitrogens with one attached hydrogen (secondary N) is 1. The van der Waals surface area contributed by atoms with Gasteiger partial charge in [-0.05, 0) is 6.07 Å². The van der Waals surface area contributed by atoms with Gasteiger partial charge in [0.15, 0.2) is 0 Å². The molecule has 0 aliphatic rings. The number of benzene rings is 1. The van der Waals surface area contributed by atoms with E-state index >= 15 is 0 Å². The van der Waals surface area contributed by atoms with E-state index in [-0.39, 0.29) is 30.6 Å². The molecule has 0 saturated carbocycles. The summed E-state index contributed by atoms with van der Waals surface area (Å²) >= 11 is 0. The number of hydrogen-bond acceptors (Lipinski definition) is 3. The van der Waals surface area contributed by atoms with Gasteiger partial charge in [0.2, 0.25) is 0 Å². The Morgan fingerprint density at radius 3 is 2.33 bits per heavy atom. The van der Waals surface area contributed by atoms with Crippen LogP contribution in [0.2, 0.25) is 0 Å². The molecule has 0 saturated heterocycles. The molecule has 3 nitrogen and oxygen atoms in total. The lowest BCUT2D eigenvalue weighted by molar-refractivity contribution is 0.465. The lowest BCUT2D eigenvalue weighted by Crippen LogP contribution is -2.20. The van der Waals surface area contributed by atoms with Crippen molar-refractivity contribution in [2.75, 3.05) is 0 Å². The van der Waals surface area contributed by atoms with E-state index in [1.54, 1.807) is 12.1 Å². The van der Waals surface area contributed by atoms with Crippen LogP contribution in [-0.4, -0.2) is 5.11 Å². The van der Waals surface area contributed by atoms with Gasteiger partial charge in [-0.1, -0.05) is 18.2 Å². The zero-order valence-electron chi connectivity index (χ0n) is 6.36. The molecule has 0 radical (unpaired) electrons. The normalized spacial score (nSPS) is 8.08. The summed E-state index contributed by atoms with van der Waals surface area (Å²) in [4.78, 5) is 0. The van der Waals surface area contributed by atoms with Crippen molar-refractivity contribution in [3.8, 4) is 5.75 Å². The first-order valence-electron chi connectivity index (χ1n) is 3.05. The van der Waals surface area contributed by atoms with Crippen LogP contribution in [0.15, 0.2) is 24.3 Å². The van der Waals surface area contributed by atoms with Crippen molar-refractivity contribution in [1.82, 2.24) is 5.43 Å². The highest BCUT2D eigenvalue weighted by Gasteiger charge is 1.95. The highest BCUT2D eigenvalue weighted by Crippen LogP contribution is 2.14. The predicted octanol–water partition coefficient (Wildman–Crippen LogP) is 1.20. The molecule has 0 bridgehead atoms. The van der Waals surface area contributed by atoms with Gasteiger partial charge < -0.3 is 5.11 Å². The van der Waals surface area contributed by atoms with Crippen molar-refractivity contribution in [3.63, 3.8) is 0 Å². The molecule has 0 heterocycles. The highest BCUT2D eigenvalue weighted by atomic mass is 35.5. The topological polar surface area (TPSA) is 58.3 Å². The molecule has 0 spiro atoms. The molecular formula is C7H12Cl2N2O. The van der Waals surface area contributed by atoms with E-state index < -0.39 is 0 Å². The standard InChI is InChI=1S/C7H10N2O.2ClH/c8-9-5-6-3-1-2-4-7(6)10;;/h1-4,9-10H,5,8H2;2*1H. The Hall–Kier alpha value is -0.480. The summed E-state index contributed by atoms with van der Waals surface area (Å²) in [5, 5.41) is 9.15. The van der Waals surface area contributed by atoms with E-state index in [1.165, 1.54) is 0 Å². The molecule has 1 aromatic rings. The highest BCUT2D eigenvalue weighted by molar-refractivity contribution is 5.85. The number of halogens is 2. The molecule has 0 unspecified atom stereocenters. The number of hydrogen-bond donors (Lipinski definition) is 3. The Labute approximate surface area is 83.8 Å². The zero-order valence-corrected chi connectivity index (χ0v) is 7.99. The minimum atomic E-state index is 0.